The lowest BCUT2D eigenvalue weighted by Crippen LogP contribution is -2.60. The fourth-order valence-corrected chi connectivity index (χ4v) is 13.3. The zero-order chi connectivity index (χ0) is 32.5. The quantitative estimate of drug-likeness (QED) is 0.371. The lowest BCUT2D eigenvalue weighted by Gasteiger charge is -2.63. The van der Waals surface area contributed by atoms with Crippen molar-refractivity contribution < 1.29 is 28.9 Å². The first-order chi connectivity index (χ1) is 21.0. The van der Waals surface area contributed by atoms with Crippen LogP contribution in [0.15, 0.2) is 0 Å². The molecule has 0 aromatic rings. The monoisotopic (exact) mass is 628 g/mol. The summed E-state index contributed by atoms with van der Waals surface area (Å²) in [5.74, 6) is 1.75. The van der Waals surface area contributed by atoms with Crippen molar-refractivity contribution in [2.45, 2.75) is 137 Å². The molecule has 2 aliphatic heterocycles. The highest BCUT2D eigenvalue weighted by Crippen LogP contribution is 2.89. The van der Waals surface area contributed by atoms with Gasteiger partial charge in [0.2, 0.25) is 0 Å². The zero-order valence-electron chi connectivity index (χ0n) is 29.4. The Kier molecular flexibility index (Phi) is 7.28. The molecule has 5 saturated carbocycles. The molecular weight excluding hydrogens is 568 g/mol. The summed E-state index contributed by atoms with van der Waals surface area (Å²) in [7, 11) is 3.44. The Labute approximate surface area is 271 Å². The lowest BCUT2D eigenvalue weighted by molar-refractivity contribution is -0.185. The summed E-state index contributed by atoms with van der Waals surface area (Å²) in [5, 5.41) is 12.6. The standard InChI is InChI=1S/C37H60N2O6/c1-21(2)28(45-31(41)38(8)9)23-19-22(3)27-29(43-23)30(40)35(7)25-12-11-24-33(4,5)26(44-32(42)39-17-10-18-39)13-14-36(24)20-37(25,36)16-15-34(27,35)6/h21-30,40H,10-20H2,1-9H3/t22-,23?,24+,25?,26?,27+,28?,29?,30+,34?,35-,36?,37?/m1/s1. The summed E-state index contributed by atoms with van der Waals surface area (Å²) < 4.78 is 19.2. The molecule has 8 nitrogen and oxygen atoms in total. The molecule has 13 atom stereocenters. The summed E-state index contributed by atoms with van der Waals surface area (Å²) in [6.45, 7) is 17.9. The maximum Gasteiger partial charge on any atom is 0.410 e. The fourth-order valence-electron chi connectivity index (χ4n) is 13.3. The van der Waals surface area contributed by atoms with E-state index in [-0.39, 0.29) is 75.5 Å². The van der Waals surface area contributed by atoms with Crippen LogP contribution in [0.4, 0.5) is 9.59 Å². The average molecular weight is 629 g/mol. The molecule has 2 amide bonds. The molecule has 2 saturated heterocycles. The number of hydrogen-bond acceptors (Lipinski definition) is 6. The summed E-state index contributed by atoms with van der Waals surface area (Å²) in [5.41, 5.74) is 0.234. The Bertz CT molecular complexity index is 1220. The van der Waals surface area contributed by atoms with Gasteiger partial charge in [0.15, 0.2) is 0 Å². The molecule has 7 aliphatic rings. The molecule has 254 valence electrons. The van der Waals surface area contributed by atoms with Gasteiger partial charge in [-0.2, -0.15) is 0 Å². The van der Waals surface area contributed by atoms with Crippen LogP contribution >= 0.6 is 0 Å². The highest BCUT2D eigenvalue weighted by atomic mass is 16.6. The zero-order valence-corrected chi connectivity index (χ0v) is 29.4. The van der Waals surface area contributed by atoms with Crippen molar-refractivity contribution in [3.8, 4) is 0 Å². The maximum absolute atomic E-state index is 12.9. The fraction of sp³-hybridized carbons (Fsp3) is 0.946. The molecular formula is C37H60N2O6. The minimum Gasteiger partial charge on any atom is -0.446 e. The van der Waals surface area contributed by atoms with Crippen molar-refractivity contribution in [1.29, 1.82) is 0 Å². The van der Waals surface area contributed by atoms with E-state index in [4.69, 9.17) is 14.2 Å². The number of aliphatic hydroxyl groups is 1. The molecule has 0 radical (unpaired) electrons. The summed E-state index contributed by atoms with van der Waals surface area (Å²) in [6.07, 6.45) is 8.04. The van der Waals surface area contributed by atoms with Gasteiger partial charge < -0.3 is 29.1 Å². The van der Waals surface area contributed by atoms with Gasteiger partial charge in [0, 0.05) is 38.0 Å². The van der Waals surface area contributed by atoms with E-state index in [1.807, 2.05) is 4.90 Å². The number of hydrogen-bond donors (Lipinski definition) is 1. The first-order valence-electron chi connectivity index (χ1n) is 18.2. The van der Waals surface area contributed by atoms with Gasteiger partial charge in [-0.15, -0.1) is 0 Å². The van der Waals surface area contributed by atoms with Crippen LogP contribution < -0.4 is 0 Å². The average Bonchev–Trinajstić information content (AvgIpc) is 3.56. The minimum atomic E-state index is -0.548. The van der Waals surface area contributed by atoms with Crippen LogP contribution in [0.25, 0.3) is 0 Å². The third-order valence-electron chi connectivity index (χ3n) is 15.7. The van der Waals surface area contributed by atoms with Crippen molar-refractivity contribution in [2.24, 2.45) is 56.7 Å². The third kappa shape index (κ3) is 4.08. The van der Waals surface area contributed by atoms with Crippen molar-refractivity contribution >= 4 is 12.2 Å². The van der Waals surface area contributed by atoms with Crippen LogP contribution in [0.3, 0.4) is 0 Å². The summed E-state index contributed by atoms with van der Waals surface area (Å²) in [6, 6.07) is 0. The second-order valence-electron chi connectivity index (χ2n) is 18.3. The van der Waals surface area contributed by atoms with Crippen LogP contribution in [-0.2, 0) is 14.2 Å². The number of ether oxygens (including phenoxy) is 3. The van der Waals surface area contributed by atoms with E-state index in [1.54, 1.807) is 14.1 Å². The normalized spacial score (nSPS) is 49.7. The van der Waals surface area contributed by atoms with E-state index in [0.717, 1.165) is 58.0 Å². The summed E-state index contributed by atoms with van der Waals surface area (Å²) >= 11 is 0. The molecule has 0 bridgehead atoms. The van der Waals surface area contributed by atoms with Gasteiger partial charge in [-0.3, -0.25) is 0 Å². The largest absolute Gasteiger partial charge is 0.446 e. The molecule has 45 heavy (non-hydrogen) atoms. The molecule has 8 unspecified atom stereocenters. The van der Waals surface area contributed by atoms with Crippen molar-refractivity contribution in [1.82, 2.24) is 9.80 Å². The van der Waals surface area contributed by atoms with E-state index in [2.05, 4.69) is 48.5 Å². The van der Waals surface area contributed by atoms with E-state index in [0.29, 0.717) is 17.8 Å². The molecule has 5 aliphatic carbocycles. The number of fused-ring (bicyclic) bond motifs is 4. The molecule has 0 aromatic carbocycles. The molecule has 2 spiro atoms. The third-order valence-corrected chi connectivity index (χ3v) is 15.7. The molecule has 8 heteroatoms. The van der Waals surface area contributed by atoms with Gasteiger partial charge in [0.1, 0.15) is 12.2 Å². The van der Waals surface area contributed by atoms with Gasteiger partial charge in [-0.25, -0.2) is 9.59 Å². The van der Waals surface area contributed by atoms with Gasteiger partial charge in [-0.05, 0) is 104 Å². The Balaban J connectivity index is 1.15. The van der Waals surface area contributed by atoms with Gasteiger partial charge >= 0.3 is 12.2 Å². The summed E-state index contributed by atoms with van der Waals surface area (Å²) in [4.78, 5) is 28.8. The van der Waals surface area contributed by atoms with Crippen molar-refractivity contribution in [3.05, 3.63) is 0 Å². The van der Waals surface area contributed by atoms with Crippen LogP contribution in [0.1, 0.15) is 106 Å². The number of amides is 2. The second kappa shape index (κ2) is 10.2. The predicted octanol–water partition coefficient (Wildman–Crippen LogP) is 6.73. The Morgan fingerprint density at radius 3 is 2.27 bits per heavy atom. The highest BCUT2D eigenvalue weighted by Gasteiger charge is 2.84. The van der Waals surface area contributed by atoms with Crippen molar-refractivity contribution in [2.75, 3.05) is 27.2 Å². The molecule has 7 rings (SSSR count). The first kappa shape index (κ1) is 32.0. The highest BCUT2D eigenvalue weighted by molar-refractivity contribution is 5.68. The van der Waals surface area contributed by atoms with E-state index in [9.17, 15) is 14.7 Å². The number of likely N-dealkylation sites (tertiary alicyclic amines) is 1. The molecule has 7 fully saturated rings. The second-order valence-corrected chi connectivity index (χ2v) is 18.3. The number of nitrogens with zero attached hydrogens (tertiary/aromatic N) is 2. The first-order valence-corrected chi connectivity index (χ1v) is 18.2. The van der Waals surface area contributed by atoms with Crippen LogP contribution in [0.2, 0.25) is 0 Å². The topological polar surface area (TPSA) is 88.5 Å². The lowest BCUT2D eigenvalue weighted by atomic mass is 9.41. The van der Waals surface area contributed by atoms with Gasteiger partial charge in [0.05, 0.1) is 18.3 Å². The van der Waals surface area contributed by atoms with Crippen LogP contribution in [0, 0.1) is 56.7 Å². The smallest absolute Gasteiger partial charge is 0.410 e. The van der Waals surface area contributed by atoms with Gasteiger partial charge in [0.25, 0.3) is 0 Å². The molecule has 2 heterocycles. The van der Waals surface area contributed by atoms with Crippen molar-refractivity contribution in [3.63, 3.8) is 0 Å². The minimum absolute atomic E-state index is 0.0128. The Morgan fingerprint density at radius 2 is 1.64 bits per heavy atom. The van der Waals surface area contributed by atoms with E-state index < -0.39 is 6.10 Å². The SMILES string of the molecule is CC(C)C(OC(=O)N(C)C)C1C[C@@H](C)[C@H]2C(O1)[C@H](O)[C@@]1(C)C3CC[C@H]4C(C)(C)C(OC(=O)N5CCC5)CCC45CC35CCC21C. The van der Waals surface area contributed by atoms with Crippen LogP contribution in [-0.4, -0.2) is 84.8 Å². The van der Waals surface area contributed by atoms with Crippen LogP contribution in [0.5, 0.6) is 0 Å². The number of carbonyl (C=O) groups excluding carboxylic acids is 2. The number of rotatable bonds is 4. The number of carbonyl (C=O) groups is 2. The van der Waals surface area contributed by atoms with E-state index in [1.165, 1.54) is 17.7 Å². The maximum atomic E-state index is 12.9. The van der Waals surface area contributed by atoms with Gasteiger partial charge in [-0.1, -0.05) is 48.5 Å². The van der Waals surface area contributed by atoms with E-state index >= 15 is 0 Å². The molecule has 1 N–H and O–H groups in total. The molecule has 0 aromatic heterocycles. The number of aliphatic hydroxyl groups excluding tert-OH is 1. The predicted molar refractivity (Wildman–Crippen MR) is 171 cm³/mol. The Hall–Kier alpha value is -1.54. The Morgan fingerprint density at radius 1 is 0.978 bits per heavy atom.